The van der Waals surface area contributed by atoms with Gasteiger partial charge >= 0.3 is 0 Å². The van der Waals surface area contributed by atoms with E-state index in [0.29, 0.717) is 22.8 Å². The molecule has 1 aromatic heterocycles. The number of hydrogen-bond acceptors (Lipinski definition) is 3. The molecule has 2 aromatic carbocycles. The summed E-state index contributed by atoms with van der Waals surface area (Å²) < 4.78 is 0. The first-order chi connectivity index (χ1) is 13.9. The standard InChI is InChI=1S/C23H20ClN3O2/c1-14-4-3-11-25-21(14)16-5-8-19(9-6-16)26-22(28)15(2)27-13-17-12-18(24)7-10-20(17)23(27)29/h3-12,15H,13H2,1-2H3,(H,26,28)/t15-/m1/s1. The molecule has 3 aromatic rings. The van der Waals surface area contributed by atoms with E-state index in [1.165, 1.54) is 0 Å². The van der Waals surface area contributed by atoms with Crippen molar-refractivity contribution in [2.24, 2.45) is 0 Å². The van der Waals surface area contributed by atoms with Crippen LogP contribution in [0.25, 0.3) is 11.3 Å². The number of halogens is 1. The summed E-state index contributed by atoms with van der Waals surface area (Å²) in [7, 11) is 0. The van der Waals surface area contributed by atoms with Gasteiger partial charge in [-0.05, 0) is 61.4 Å². The van der Waals surface area contributed by atoms with Crippen molar-refractivity contribution in [1.29, 1.82) is 0 Å². The number of nitrogens with zero attached hydrogens (tertiary/aromatic N) is 2. The summed E-state index contributed by atoms with van der Waals surface area (Å²) in [4.78, 5) is 31.3. The number of pyridine rings is 1. The monoisotopic (exact) mass is 405 g/mol. The van der Waals surface area contributed by atoms with Gasteiger partial charge in [-0.3, -0.25) is 14.6 Å². The minimum atomic E-state index is -0.605. The molecule has 146 valence electrons. The Labute approximate surface area is 174 Å². The van der Waals surface area contributed by atoms with E-state index in [9.17, 15) is 9.59 Å². The van der Waals surface area contributed by atoms with Crippen LogP contribution in [0, 0.1) is 6.92 Å². The molecule has 4 rings (SSSR count). The third kappa shape index (κ3) is 3.74. The number of carbonyl (C=O) groups excluding carboxylic acids is 2. The zero-order valence-electron chi connectivity index (χ0n) is 16.1. The Kier molecular flexibility index (Phi) is 5.07. The molecule has 0 spiro atoms. The second-order valence-corrected chi connectivity index (χ2v) is 7.58. The van der Waals surface area contributed by atoms with Crippen LogP contribution in [0.1, 0.15) is 28.4 Å². The van der Waals surface area contributed by atoms with Gasteiger partial charge in [0.1, 0.15) is 6.04 Å². The van der Waals surface area contributed by atoms with Gasteiger partial charge in [0.05, 0.1) is 5.69 Å². The number of hydrogen-bond donors (Lipinski definition) is 1. The van der Waals surface area contributed by atoms with Gasteiger partial charge in [-0.25, -0.2) is 0 Å². The van der Waals surface area contributed by atoms with E-state index in [4.69, 9.17) is 11.6 Å². The van der Waals surface area contributed by atoms with Crippen LogP contribution in [0.15, 0.2) is 60.8 Å². The number of benzene rings is 2. The predicted octanol–water partition coefficient (Wildman–Crippen LogP) is 4.69. The number of nitrogens with one attached hydrogen (secondary N) is 1. The van der Waals surface area contributed by atoms with E-state index in [1.807, 2.05) is 43.3 Å². The van der Waals surface area contributed by atoms with Crippen LogP contribution in [0.3, 0.4) is 0 Å². The Balaban J connectivity index is 1.46. The van der Waals surface area contributed by atoms with Crippen molar-refractivity contribution in [1.82, 2.24) is 9.88 Å². The van der Waals surface area contributed by atoms with E-state index in [-0.39, 0.29) is 11.8 Å². The van der Waals surface area contributed by atoms with Crippen molar-refractivity contribution in [3.63, 3.8) is 0 Å². The Bertz CT molecular complexity index is 1100. The molecule has 2 heterocycles. The molecule has 0 saturated heterocycles. The van der Waals surface area contributed by atoms with Crippen LogP contribution in [0.5, 0.6) is 0 Å². The first-order valence-electron chi connectivity index (χ1n) is 9.36. The van der Waals surface area contributed by atoms with Crippen molar-refractivity contribution < 1.29 is 9.59 Å². The molecule has 2 amide bonds. The molecule has 1 aliphatic rings. The minimum absolute atomic E-state index is 0.153. The number of anilines is 1. The number of amides is 2. The van der Waals surface area contributed by atoms with Crippen LogP contribution in [-0.4, -0.2) is 27.7 Å². The molecule has 6 heteroatoms. The highest BCUT2D eigenvalue weighted by Crippen LogP contribution is 2.28. The second kappa shape index (κ2) is 7.68. The highest BCUT2D eigenvalue weighted by atomic mass is 35.5. The summed E-state index contributed by atoms with van der Waals surface area (Å²) in [5.74, 6) is -0.390. The number of fused-ring (bicyclic) bond motifs is 1. The van der Waals surface area contributed by atoms with Gasteiger partial charge < -0.3 is 10.2 Å². The summed E-state index contributed by atoms with van der Waals surface area (Å²) in [5, 5.41) is 3.47. The maximum absolute atomic E-state index is 12.7. The van der Waals surface area contributed by atoms with Crippen molar-refractivity contribution in [2.75, 3.05) is 5.32 Å². The fourth-order valence-electron chi connectivity index (χ4n) is 3.51. The fourth-order valence-corrected chi connectivity index (χ4v) is 3.71. The number of aromatic nitrogens is 1. The number of carbonyl (C=O) groups is 2. The lowest BCUT2D eigenvalue weighted by molar-refractivity contribution is -0.120. The molecular weight excluding hydrogens is 386 g/mol. The first-order valence-corrected chi connectivity index (χ1v) is 9.74. The van der Waals surface area contributed by atoms with Crippen molar-refractivity contribution in [3.05, 3.63) is 82.5 Å². The maximum Gasteiger partial charge on any atom is 0.255 e. The van der Waals surface area contributed by atoms with E-state index in [0.717, 1.165) is 22.4 Å². The maximum atomic E-state index is 12.7. The quantitative estimate of drug-likeness (QED) is 0.684. The van der Waals surface area contributed by atoms with Gasteiger partial charge in [0.2, 0.25) is 5.91 Å². The van der Waals surface area contributed by atoms with Crippen LogP contribution >= 0.6 is 11.6 Å². The van der Waals surface area contributed by atoms with Gasteiger partial charge in [-0.1, -0.05) is 29.8 Å². The average Bonchev–Trinajstić information content (AvgIpc) is 3.04. The van der Waals surface area contributed by atoms with Gasteiger partial charge in [0, 0.05) is 34.6 Å². The third-order valence-electron chi connectivity index (χ3n) is 5.18. The van der Waals surface area contributed by atoms with Crippen molar-refractivity contribution >= 4 is 29.1 Å². The molecule has 0 unspecified atom stereocenters. The molecule has 1 aliphatic heterocycles. The van der Waals surface area contributed by atoms with Crippen molar-refractivity contribution in [3.8, 4) is 11.3 Å². The third-order valence-corrected chi connectivity index (χ3v) is 5.42. The SMILES string of the molecule is Cc1cccnc1-c1ccc(NC(=O)[C@@H](C)N2Cc3cc(Cl)ccc3C2=O)cc1. The van der Waals surface area contributed by atoms with Gasteiger partial charge in [0.25, 0.3) is 5.91 Å². The Morgan fingerprint density at radius 3 is 2.66 bits per heavy atom. The van der Waals surface area contributed by atoms with E-state index >= 15 is 0 Å². The molecule has 0 fully saturated rings. The fraction of sp³-hybridized carbons (Fsp3) is 0.174. The summed E-state index contributed by atoms with van der Waals surface area (Å²) in [6.07, 6.45) is 1.76. The predicted molar refractivity (Wildman–Crippen MR) is 114 cm³/mol. The lowest BCUT2D eigenvalue weighted by atomic mass is 10.1. The normalized spacial score (nSPS) is 13.9. The molecule has 0 radical (unpaired) electrons. The molecule has 0 saturated carbocycles. The van der Waals surface area contributed by atoms with Gasteiger partial charge in [-0.2, -0.15) is 0 Å². The first kappa shape index (κ1) is 19.2. The zero-order valence-corrected chi connectivity index (χ0v) is 16.9. The van der Waals surface area contributed by atoms with Crippen LogP contribution in [0.4, 0.5) is 5.69 Å². The Hall–Kier alpha value is -3.18. The van der Waals surface area contributed by atoms with Crippen LogP contribution < -0.4 is 5.32 Å². The molecule has 1 N–H and O–H groups in total. The average molecular weight is 406 g/mol. The Morgan fingerprint density at radius 2 is 1.93 bits per heavy atom. The highest BCUT2D eigenvalue weighted by molar-refractivity contribution is 6.30. The lowest BCUT2D eigenvalue weighted by Gasteiger charge is -2.23. The van der Waals surface area contributed by atoms with Gasteiger partial charge in [-0.15, -0.1) is 0 Å². The largest absolute Gasteiger partial charge is 0.324 e. The molecule has 5 nitrogen and oxygen atoms in total. The molecule has 1 atom stereocenters. The Morgan fingerprint density at radius 1 is 1.17 bits per heavy atom. The molecular formula is C23H20ClN3O2. The van der Waals surface area contributed by atoms with Crippen molar-refractivity contribution in [2.45, 2.75) is 26.4 Å². The number of aryl methyl sites for hydroxylation is 1. The molecule has 0 aliphatic carbocycles. The van der Waals surface area contributed by atoms with E-state index < -0.39 is 6.04 Å². The van der Waals surface area contributed by atoms with Crippen LogP contribution in [-0.2, 0) is 11.3 Å². The number of rotatable bonds is 4. The smallest absolute Gasteiger partial charge is 0.255 e. The summed E-state index contributed by atoms with van der Waals surface area (Å²) in [5.41, 5.74) is 5.10. The van der Waals surface area contributed by atoms with Crippen LogP contribution in [0.2, 0.25) is 5.02 Å². The van der Waals surface area contributed by atoms with Gasteiger partial charge in [0.15, 0.2) is 0 Å². The highest BCUT2D eigenvalue weighted by Gasteiger charge is 2.33. The summed E-state index contributed by atoms with van der Waals surface area (Å²) in [6.45, 7) is 4.12. The summed E-state index contributed by atoms with van der Waals surface area (Å²) in [6, 6.07) is 16.0. The van der Waals surface area contributed by atoms with E-state index in [1.54, 1.807) is 36.2 Å². The molecule has 29 heavy (non-hydrogen) atoms. The molecule has 0 bridgehead atoms. The zero-order chi connectivity index (χ0) is 20.5. The topological polar surface area (TPSA) is 62.3 Å². The van der Waals surface area contributed by atoms with E-state index in [2.05, 4.69) is 10.3 Å². The lowest BCUT2D eigenvalue weighted by Crippen LogP contribution is -2.42. The summed E-state index contributed by atoms with van der Waals surface area (Å²) >= 11 is 6.02. The second-order valence-electron chi connectivity index (χ2n) is 7.15. The minimum Gasteiger partial charge on any atom is -0.324 e.